The molecule has 1 fully saturated rings. The number of nitrogens with zero attached hydrogens (tertiary/aromatic N) is 1. The number of hydrogen-bond acceptors (Lipinski definition) is 3. The standard InChI is InChI=1S/C21H25ClN2O/c1-14(2)13-23-17-7-5-11-24-18-12-15(22)9-10-20(18)25-19-8-4-3-6-16(19)21(17)24/h3-4,6,8-10,12,14,17,21,23H,5,7,11,13H2,1-2H3/t17-,21-/m1/s1. The molecule has 3 nitrogen and oxygen atoms in total. The van der Waals surface area contributed by atoms with Crippen molar-refractivity contribution in [1.29, 1.82) is 0 Å². The number of halogens is 1. The first kappa shape index (κ1) is 16.7. The molecule has 4 rings (SSSR count). The molecule has 2 atom stereocenters. The summed E-state index contributed by atoms with van der Waals surface area (Å²) in [5, 5.41) is 4.56. The quantitative estimate of drug-likeness (QED) is 0.796. The Labute approximate surface area is 154 Å². The zero-order chi connectivity index (χ0) is 17.4. The Bertz CT molecular complexity index is 761. The second-order valence-corrected chi connectivity index (χ2v) is 7.88. The van der Waals surface area contributed by atoms with Crippen LogP contribution in [-0.4, -0.2) is 19.1 Å². The van der Waals surface area contributed by atoms with E-state index < -0.39 is 0 Å². The molecular weight excluding hydrogens is 332 g/mol. The molecule has 2 heterocycles. The Morgan fingerprint density at radius 3 is 2.88 bits per heavy atom. The summed E-state index contributed by atoms with van der Waals surface area (Å²) in [6.07, 6.45) is 2.35. The van der Waals surface area contributed by atoms with E-state index in [0.29, 0.717) is 12.0 Å². The monoisotopic (exact) mass is 356 g/mol. The average molecular weight is 357 g/mol. The van der Waals surface area contributed by atoms with Gasteiger partial charge in [-0.3, -0.25) is 0 Å². The summed E-state index contributed by atoms with van der Waals surface area (Å²) < 4.78 is 6.30. The van der Waals surface area contributed by atoms with Gasteiger partial charge in [0.2, 0.25) is 0 Å². The number of fused-ring (bicyclic) bond motifs is 5. The van der Waals surface area contributed by atoms with E-state index in [1.807, 2.05) is 24.3 Å². The van der Waals surface area contributed by atoms with E-state index in [-0.39, 0.29) is 6.04 Å². The van der Waals surface area contributed by atoms with Crippen LogP contribution in [0.3, 0.4) is 0 Å². The number of rotatable bonds is 3. The number of para-hydroxylation sites is 1. The molecule has 0 spiro atoms. The highest BCUT2D eigenvalue weighted by Gasteiger charge is 2.37. The van der Waals surface area contributed by atoms with Crippen LogP contribution in [0.1, 0.15) is 38.3 Å². The van der Waals surface area contributed by atoms with Gasteiger partial charge in [0.15, 0.2) is 5.75 Å². The van der Waals surface area contributed by atoms with Gasteiger partial charge in [0.05, 0.1) is 11.7 Å². The molecule has 2 aromatic rings. The summed E-state index contributed by atoms with van der Waals surface area (Å²) in [6.45, 7) is 6.57. The maximum Gasteiger partial charge on any atom is 0.150 e. The molecule has 0 saturated carbocycles. The molecule has 0 aromatic heterocycles. The molecule has 0 radical (unpaired) electrons. The van der Waals surface area contributed by atoms with Crippen LogP contribution < -0.4 is 15.0 Å². The van der Waals surface area contributed by atoms with Crippen molar-refractivity contribution in [2.24, 2.45) is 5.92 Å². The van der Waals surface area contributed by atoms with E-state index in [9.17, 15) is 0 Å². The van der Waals surface area contributed by atoms with Crippen molar-refractivity contribution in [3.8, 4) is 11.5 Å². The number of piperidine rings is 1. The normalized spacial score (nSPS) is 21.8. The van der Waals surface area contributed by atoms with E-state index in [1.54, 1.807) is 0 Å². The van der Waals surface area contributed by atoms with Crippen LogP contribution in [0.2, 0.25) is 5.02 Å². The topological polar surface area (TPSA) is 24.5 Å². The van der Waals surface area contributed by atoms with Crippen LogP contribution in [-0.2, 0) is 0 Å². The van der Waals surface area contributed by atoms with Crippen LogP contribution in [0.15, 0.2) is 42.5 Å². The number of nitrogens with one attached hydrogen (secondary N) is 1. The summed E-state index contributed by atoms with van der Waals surface area (Å²) in [5.41, 5.74) is 2.36. The van der Waals surface area contributed by atoms with Crippen LogP contribution in [0.5, 0.6) is 11.5 Å². The van der Waals surface area contributed by atoms with Gasteiger partial charge in [-0.2, -0.15) is 0 Å². The van der Waals surface area contributed by atoms with Gasteiger partial charge in [0.1, 0.15) is 5.75 Å². The molecule has 1 N–H and O–H groups in total. The highest BCUT2D eigenvalue weighted by atomic mass is 35.5. The zero-order valence-corrected chi connectivity index (χ0v) is 15.6. The van der Waals surface area contributed by atoms with Crippen molar-refractivity contribution in [2.75, 3.05) is 18.0 Å². The minimum Gasteiger partial charge on any atom is -0.455 e. The lowest BCUT2D eigenvalue weighted by Gasteiger charge is -2.43. The SMILES string of the molecule is CC(C)CN[C@@H]1CCCN2c3cc(Cl)ccc3Oc3ccccc3[C@H]12. The Morgan fingerprint density at radius 1 is 1.20 bits per heavy atom. The highest BCUT2D eigenvalue weighted by molar-refractivity contribution is 6.31. The van der Waals surface area contributed by atoms with Crippen molar-refractivity contribution in [3.63, 3.8) is 0 Å². The molecule has 0 bridgehead atoms. The van der Waals surface area contributed by atoms with Gasteiger partial charge in [-0.05, 0) is 49.6 Å². The van der Waals surface area contributed by atoms with Crippen LogP contribution >= 0.6 is 11.6 Å². The van der Waals surface area contributed by atoms with Crippen molar-refractivity contribution in [2.45, 2.75) is 38.8 Å². The van der Waals surface area contributed by atoms with Gasteiger partial charge < -0.3 is 15.0 Å². The molecule has 1 saturated heterocycles. The predicted molar refractivity (Wildman–Crippen MR) is 104 cm³/mol. The van der Waals surface area contributed by atoms with Gasteiger partial charge >= 0.3 is 0 Å². The Balaban J connectivity index is 1.80. The largest absolute Gasteiger partial charge is 0.455 e. The number of hydrogen-bond donors (Lipinski definition) is 1. The number of benzene rings is 2. The van der Waals surface area contributed by atoms with Gasteiger partial charge in [0.25, 0.3) is 0 Å². The van der Waals surface area contributed by atoms with Crippen LogP contribution in [0.4, 0.5) is 5.69 Å². The lowest BCUT2D eigenvalue weighted by atomic mass is 9.89. The Morgan fingerprint density at radius 2 is 2.04 bits per heavy atom. The molecule has 4 heteroatoms. The van der Waals surface area contributed by atoms with E-state index >= 15 is 0 Å². The number of ether oxygens (including phenoxy) is 1. The Hall–Kier alpha value is -1.71. The van der Waals surface area contributed by atoms with Crippen LogP contribution in [0.25, 0.3) is 0 Å². The fourth-order valence-corrected chi connectivity index (χ4v) is 4.16. The molecule has 0 unspecified atom stereocenters. The smallest absolute Gasteiger partial charge is 0.150 e. The minimum absolute atomic E-state index is 0.267. The van der Waals surface area contributed by atoms with E-state index in [2.05, 4.69) is 42.3 Å². The van der Waals surface area contributed by atoms with E-state index in [0.717, 1.165) is 35.3 Å². The second-order valence-electron chi connectivity index (χ2n) is 7.44. The summed E-state index contributed by atoms with van der Waals surface area (Å²) in [6, 6.07) is 15.0. The van der Waals surface area contributed by atoms with Gasteiger partial charge in [-0.15, -0.1) is 0 Å². The first-order valence-corrected chi connectivity index (χ1v) is 9.57. The maximum absolute atomic E-state index is 6.31. The Kier molecular flexibility index (Phi) is 4.61. The van der Waals surface area contributed by atoms with Crippen molar-refractivity contribution < 1.29 is 4.74 Å². The summed E-state index contributed by atoms with van der Waals surface area (Å²) in [5.74, 6) is 2.48. The summed E-state index contributed by atoms with van der Waals surface area (Å²) in [4.78, 5) is 2.48. The third-order valence-corrected chi connectivity index (χ3v) is 5.34. The van der Waals surface area contributed by atoms with Crippen molar-refractivity contribution >= 4 is 17.3 Å². The summed E-state index contributed by atoms with van der Waals surface area (Å²) >= 11 is 6.31. The molecule has 25 heavy (non-hydrogen) atoms. The lowest BCUT2D eigenvalue weighted by Crippen LogP contribution is -2.49. The molecule has 2 aliphatic heterocycles. The predicted octanol–water partition coefficient (Wildman–Crippen LogP) is 5.40. The minimum atomic E-state index is 0.267. The first-order valence-electron chi connectivity index (χ1n) is 9.20. The van der Waals surface area contributed by atoms with Crippen LogP contribution in [0, 0.1) is 5.92 Å². The molecule has 132 valence electrons. The number of anilines is 1. The second kappa shape index (κ2) is 6.89. The fraction of sp³-hybridized carbons (Fsp3) is 0.429. The lowest BCUT2D eigenvalue weighted by molar-refractivity contribution is 0.332. The van der Waals surface area contributed by atoms with E-state index in [1.165, 1.54) is 18.4 Å². The van der Waals surface area contributed by atoms with Crippen molar-refractivity contribution in [1.82, 2.24) is 5.32 Å². The molecule has 2 aromatic carbocycles. The third kappa shape index (κ3) is 3.23. The average Bonchev–Trinajstić information content (AvgIpc) is 2.75. The zero-order valence-electron chi connectivity index (χ0n) is 14.8. The highest BCUT2D eigenvalue weighted by Crippen LogP contribution is 2.48. The van der Waals surface area contributed by atoms with Gasteiger partial charge in [0, 0.05) is 23.2 Å². The van der Waals surface area contributed by atoms with Crippen molar-refractivity contribution in [3.05, 3.63) is 53.1 Å². The third-order valence-electron chi connectivity index (χ3n) is 5.11. The van der Waals surface area contributed by atoms with E-state index in [4.69, 9.17) is 16.3 Å². The summed E-state index contributed by atoms with van der Waals surface area (Å²) in [7, 11) is 0. The van der Waals surface area contributed by atoms with Gasteiger partial charge in [-0.25, -0.2) is 0 Å². The maximum atomic E-state index is 6.31. The molecule has 0 amide bonds. The molecule has 0 aliphatic carbocycles. The van der Waals surface area contributed by atoms with Gasteiger partial charge in [-0.1, -0.05) is 43.6 Å². The fourth-order valence-electron chi connectivity index (χ4n) is 3.99. The molecular formula is C21H25ClN2O. The first-order chi connectivity index (χ1) is 12.1. The molecule has 2 aliphatic rings.